The average molecular weight is 522 g/mol. The van der Waals surface area contributed by atoms with Crippen LogP contribution in [0.25, 0.3) is 0 Å². The van der Waals surface area contributed by atoms with Crippen LogP contribution in [-0.4, -0.2) is 38.2 Å². The first-order valence-corrected chi connectivity index (χ1v) is 13.2. The van der Waals surface area contributed by atoms with E-state index in [2.05, 4.69) is 38.6 Å². The van der Waals surface area contributed by atoms with Gasteiger partial charge in [0.1, 0.15) is 5.75 Å². The maximum absolute atomic E-state index is 13.2. The number of para-hydroxylation sites is 2. The minimum Gasteiger partial charge on any atom is -0.406 e. The van der Waals surface area contributed by atoms with Gasteiger partial charge in [0.25, 0.3) is 0 Å². The van der Waals surface area contributed by atoms with E-state index in [1.54, 1.807) is 11.8 Å². The third-order valence-electron chi connectivity index (χ3n) is 5.87. The lowest BCUT2D eigenvalue weighted by Gasteiger charge is -2.43. The molecule has 0 saturated carbocycles. The highest BCUT2D eigenvalue weighted by atomic mass is 32.2. The summed E-state index contributed by atoms with van der Waals surface area (Å²) in [5, 5.41) is 0. The summed E-state index contributed by atoms with van der Waals surface area (Å²) in [4.78, 5) is 4.46. The van der Waals surface area contributed by atoms with E-state index in [0.29, 0.717) is 13.0 Å². The molecule has 1 unspecified atom stereocenters. The van der Waals surface area contributed by atoms with Crippen LogP contribution in [0, 0.1) is 0 Å². The largest absolute Gasteiger partial charge is 0.573 e. The second kappa shape index (κ2) is 9.29. The van der Waals surface area contributed by atoms with Gasteiger partial charge < -0.3 is 9.64 Å². The predicted octanol–water partition coefficient (Wildman–Crippen LogP) is 6.01. The third-order valence-corrected chi connectivity index (χ3v) is 8.50. The molecule has 1 atom stereocenters. The summed E-state index contributed by atoms with van der Waals surface area (Å²) in [6, 6.07) is 20.7. The highest BCUT2D eigenvalue weighted by molar-refractivity contribution is 7.99. The minimum absolute atomic E-state index is 0.0777. The maximum atomic E-state index is 13.2. The molecule has 2 heterocycles. The van der Waals surface area contributed by atoms with Crippen LogP contribution < -0.4 is 14.4 Å². The van der Waals surface area contributed by atoms with Crippen molar-refractivity contribution in [2.45, 2.75) is 35.0 Å². The summed E-state index contributed by atoms with van der Waals surface area (Å²) in [7, 11) is -3.92. The average Bonchev–Trinajstić information content (AvgIpc) is 2.83. The van der Waals surface area contributed by atoms with Crippen molar-refractivity contribution >= 4 is 39.0 Å². The van der Waals surface area contributed by atoms with Gasteiger partial charge in [-0.3, -0.25) is 4.72 Å². The lowest BCUT2D eigenvalue weighted by molar-refractivity contribution is -0.274. The zero-order valence-corrected chi connectivity index (χ0v) is 20.0. The molecule has 11 heteroatoms. The monoisotopic (exact) mass is 521 g/mol. The Hall–Kier alpha value is -2.89. The number of hydrogen-bond acceptors (Lipinski definition) is 5. The zero-order chi connectivity index (χ0) is 24.6. The molecule has 0 bridgehead atoms. The van der Waals surface area contributed by atoms with Crippen LogP contribution in [-0.2, 0) is 10.2 Å². The van der Waals surface area contributed by atoms with Crippen molar-refractivity contribution in [3.63, 3.8) is 0 Å². The van der Waals surface area contributed by atoms with E-state index in [1.807, 2.05) is 24.3 Å². The molecule has 0 spiro atoms. The number of ether oxygens (including phenoxy) is 1. The van der Waals surface area contributed by atoms with Crippen LogP contribution in [0.5, 0.6) is 5.75 Å². The van der Waals surface area contributed by atoms with Gasteiger partial charge in [0.05, 0.1) is 17.1 Å². The highest BCUT2D eigenvalue weighted by Gasteiger charge is 2.36. The lowest BCUT2D eigenvalue weighted by atomic mass is 10.0. The number of benzene rings is 3. The molecule has 0 amide bonds. The van der Waals surface area contributed by atoms with Crippen molar-refractivity contribution in [1.82, 2.24) is 4.31 Å². The van der Waals surface area contributed by atoms with Gasteiger partial charge in [0.2, 0.25) is 0 Å². The van der Waals surface area contributed by atoms with E-state index in [-0.39, 0.29) is 18.3 Å². The van der Waals surface area contributed by atoms with Crippen molar-refractivity contribution in [2.75, 3.05) is 22.7 Å². The number of rotatable bonds is 5. The minimum atomic E-state index is -4.81. The molecule has 5 rings (SSSR count). The van der Waals surface area contributed by atoms with Crippen LogP contribution >= 0.6 is 11.8 Å². The summed E-state index contributed by atoms with van der Waals surface area (Å²) in [6.07, 6.45) is -3.31. The predicted molar refractivity (Wildman–Crippen MR) is 129 cm³/mol. The highest BCUT2D eigenvalue weighted by Crippen LogP contribution is 2.49. The first kappa shape index (κ1) is 23.8. The standard InChI is InChI=1S/C24H22F3N3O3S2/c25-24(26,27)33-19-13-11-17(12-14-19)28-35(31,32)29-15-5-6-18(16-29)30-20-7-1-3-9-22(20)34-23-10-4-2-8-21(23)30/h1-4,7-14,18,28H,5-6,15-16H2. The molecule has 6 nitrogen and oxygen atoms in total. The van der Waals surface area contributed by atoms with Crippen molar-refractivity contribution in [3.8, 4) is 5.75 Å². The fourth-order valence-electron chi connectivity index (χ4n) is 4.41. The van der Waals surface area contributed by atoms with E-state index in [1.165, 1.54) is 16.4 Å². The third kappa shape index (κ3) is 5.21. The fraction of sp³-hybridized carbons (Fsp3) is 0.250. The van der Waals surface area contributed by atoms with Crippen LogP contribution in [0.2, 0.25) is 0 Å². The van der Waals surface area contributed by atoms with Crippen molar-refractivity contribution in [3.05, 3.63) is 72.8 Å². The van der Waals surface area contributed by atoms with Gasteiger partial charge in [0.15, 0.2) is 0 Å². The zero-order valence-electron chi connectivity index (χ0n) is 18.4. The smallest absolute Gasteiger partial charge is 0.406 e. The second-order valence-electron chi connectivity index (χ2n) is 8.24. The molecule has 0 aliphatic carbocycles. The number of alkyl halides is 3. The maximum Gasteiger partial charge on any atom is 0.573 e. The van der Waals surface area contributed by atoms with Gasteiger partial charge >= 0.3 is 16.6 Å². The molecule has 1 fully saturated rings. The first-order chi connectivity index (χ1) is 16.7. The summed E-state index contributed by atoms with van der Waals surface area (Å²) >= 11 is 1.70. The molecular weight excluding hydrogens is 499 g/mol. The first-order valence-electron chi connectivity index (χ1n) is 11.0. The van der Waals surface area contributed by atoms with E-state index in [0.717, 1.165) is 39.7 Å². The van der Waals surface area contributed by atoms with Gasteiger partial charge in [-0.15, -0.1) is 13.2 Å². The number of hydrogen-bond donors (Lipinski definition) is 1. The van der Waals surface area contributed by atoms with Gasteiger partial charge in [0, 0.05) is 28.9 Å². The van der Waals surface area contributed by atoms with E-state index in [9.17, 15) is 21.6 Å². The number of piperidine rings is 1. The number of nitrogens with zero attached hydrogens (tertiary/aromatic N) is 2. The number of fused-ring (bicyclic) bond motifs is 2. The molecule has 0 aromatic heterocycles. The Morgan fingerprint density at radius 1 is 0.914 bits per heavy atom. The molecule has 35 heavy (non-hydrogen) atoms. The van der Waals surface area contributed by atoms with E-state index >= 15 is 0 Å². The Labute approximate surface area is 205 Å². The summed E-state index contributed by atoms with van der Waals surface area (Å²) in [6.45, 7) is 0.630. The van der Waals surface area contributed by atoms with Crippen LogP contribution in [0.1, 0.15) is 12.8 Å². The molecule has 3 aromatic rings. The molecule has 184 valence electrons. The number of nitrogens with one attached hydrogen (secondary N) is 1. The van der Waals surface area contributed by atoms with E-state index in [4.69, 9.17) is 0 Å². The van der Waals surface area contributed by atoms with Crippen LogP contribution in [0.15, 0.2) is 82.6 Å². The Bertz CT molecular complexity index is 1270. The van der Waals surface area contributed by atoms with Gasteiger partial charge in [-0.2, -0.15) is 12.7 Å². The summed E-state index contributed by atoms with van der Waals surface area (Å²) in [5.41, 5.74) is 2.26. The van der Waals surface area contributed by atoms with Gasteiger partial charge in [-0.05, 0) is 61.4 Å². The molecule has 0 radical (unpaired) electrons. The second-order valence-corrected chi connectivity index (χ2v) is 11.0. The van der Waals surface area contributed by atoms with Gasteiger partial charge in [-0.25, -0.2) is 0 Å². The molecule has 3 aromatic carbocycles. The summed E-state index contributed by atoms with van der Waals surface area (Å²) < 4.78 is 71.2. The SMILES string of the molecule is O=S(=O)(Nc1ccc(OC(F)(F)F)cc1)N1CCCC(N2c3ccccc3Sc3ccccc32)C1. The quantitative estimate of drug-likeness (QED) is 0.446. The molecule has 1 saturated heterocycles. The lowest BCUT2D eigenvalue weighted by Crippen LogP contribution is -2.50. The van der Waals surface area contributed by atoms with Crippen LogP contribution in [0.4, 0.5) is 30.2 Å². The molecule has 2 aliphatic heterocycles. The Balaban J connectivity index is 1.36. The fourth-order valence-corrected chi connectivity index (χ4v) is 6.79. The Kier molecular flexibility index (Phi) is 6.32. The number of halogens is 3. The Morgan fingerprint density at radius 3 is 2.11 bits per heavy atom. The Morgan fingerprint density at radius 2 is 1.51 bits per heavy atom. The van der Waals surface area contributed by atoms with Crippen molar-refractivity contribution in [1.29, 1.82) is 0 Å². The topological polar surface area (TPSA) is 61.9 Å². The van der Waals surface area contributed by atoms with Gasteiger partial charge in [-0.1, -0.05) is 36.0 Å². The molecule has 2 aliphatic rings. The van der Waals surface area contributed by atoms with Crippen molar-refractivity contribution < 1.29 is 26.3 Å². The normalized spacial score (nSPS) is 18.5. The number of anilines is 3. The molecule has 1 N–H and O–H groups in total. The van der Waals surface area contributed by atoms with E-state index < -0.39 is 22.3 Å². The van der Waals surface area contributed by atoms with Crippen molar-refractivity contribution in [2.24, 2.45) is 0 Å². The summed E-state index contributed by atoms with van der Waals surface area (Å²) in [5.74, 6) is -0.418. The van der Waals surface area contributed by atoms with Crippen LogP contribution in [0.3, 0.4) is 0 Å². The molecular formula is C24H22F3N3O3S2.